The van der Waals surface area contributed by atoms with Gasteiger partial charge in [0.25, 0.3) is 0 Å². The summed E-state index contributed by atoms with van der Waals surface area (Å²) in [4.78, 5) is 5.95. The van der Waals surface area contributed by atoms with Crippen LogP contribution in [0.4, 0.5) is 5.88 Å². The SMILES string of the molecule is CN(C)c1oc(-c2ccc(OCc3ccccc3Cl)cc2)nc1C#N. The summed E-state index contributed by atoms with van der Waals surface area (Å²) < 4.78 is 11.4. The van der Waals surface area contributed by atoms with Gasteiger partial charge in [-0.2, -0.15) is 10.2 Å². The molecular formula is C19H16ClN3O2. The average Bonchev–Trinajstić information content (AvgIpc) is 3.06. The van der Waals surface area contributed by atoms with Crippen molar-refractivity contribution in [1.29, 1.82) is 5.26 Å². The molecule has 0 bridgehead atoms. The van der Waals surface area contributed by atoms with E-state index in [2.05, 4.69) is 4.98 Å². The van der Waals surface area contributed by atoms with Gasteiger partial charge in [-0.15, -0.1) is 0 Å². The minimum Gasteiger partial charge on any atom is -0.489 e. The van der Waals surface area contributed by atoms with Crippen molar-refractivity contribution < 1.29 is 9.15 Å². The molecule has 1 aromatic heterocycles. The van der Waals surface area contributed by atoms with Gasteiger partial charge in [0.05, 0.1) is 0 Å². The van der Waals surface area contributed by atoms with Gasteiger partial charge in [-0.25, -0.2) is 0 Å². The van der Waals surface area contributed by atoms with Gasteiger partial charge < -0.3 is 14.1 Å². The minimum absolute atomic E-state index is 0.263. The summed E-state index contributed by atoms with van der Waals surface area (Å²) in [5.41, 5.74) is 1.96. The van der Waals surface area contributed by atoms with Gasteiger partial charge in [0, 0.05) is 30.2 Å². The predicted octanol–water partition coefficient (Wildman–Crippen LogP) is 4.51. The standard InChI is InChI=1S/C19H16ClN3O2/c1-23(2)19-17(11-21)22-18(25-19)13-7-9-15(10-8-13)24-12-14-5-3-4-6-16(14)20/h3-10H,12H2,1-2H3. The van der Waals surface area contributed by atoms with Crippen LogP contribution in [0.15, 0.2) is 52.9 Å². The molecule has 0 unspecified atom stereocenters. The molecule has 0 fully saturated rings. The lowest BCUT2D eigenvalue weighted by Gasteiger charge is -2.08. The number of oxazole rings is 1. The molecule has 25 heavy (non-hydrogen) atoms. The number of ether oxygens (including phenoxy) is 1. The molecule has 3 aromatic rings. The average molecular weight is 354 g/mol. The van der Waals surface area contributed by atoms with Crippen LogP contribution in [0.25, 0.3) is 11.5 Å². The third-order valence-electron chi connectivity index (χ3n) is 3.57. The number of benzene rings is 2. The normalized spacial score (nSPS) is 10.3. The topological polar surface area (TPSA) is 62.3 Å². The maximum Gasteiger partial charge on any atom is 0.234 e. The molecule has 0 saturated carbocycles. The van der Waals surface area contributed by atoms with E-state index in [-0.39, 0.29) is 5.69 Å². The molecule has 0 radical (unpaired) electrons. The van der Waals surface area contributed by atoms with E-state index >= 15 is 0 Å². The fraction of sp³-hybridized carbons (Fsp3) is 0.158. The Labute approximate surface area is 151 Å². The predicted molar refractivity (Wildman–Crippen MR) is 96.8 cm³/mol. The Balaban J connectivity index is 1.74. The number of hydrogen-bond donors (Lipinski definition) is 0. The highest BCUT2D eigenvalue weighted by Crippen LogP contribution is 2.28. The van der Waals surface area contributed by atoms with E-state index in [1.807, 2.05) is 54.6 Å². The molecule has 126 valence electrons. The van der Waals surface area contributed by atoms with Crippen LogP contribution < -0.4 is 9.64 Å². The second kappa shape index (κ2) is 7.29. The van der Waals surface area contributed by atoms with E-state index in [1.165, 1.54) is 0 Å². The molecule has 5 nitrogen and oxygen atoms in total. The van der Waals surface area contributed by atoms with Crippen molar-refractivity contribution in [2.24, 2.45) is 0 Å². The summed E-state index contributed by atoms with van der Waals surface area (Å²) in [6.07, 6.45) is 0. The van der Waals surface area contributed by atoms with E-state index < -0.39 is 0 Å². The first kappa shape index (κ1) is 16.9. The minimum atomic E-state index is 0.263. The van der Waals surface area contributed by atoms with E-state index in [9.17, 15) is 0 Å². The lowest BCUT2D eigenvalue weighted by molar-refractivity contribution is 0.306. The second-order valence-electron chi connectivity index (χ2n) is 5.58. The van der Waals surface area contributed by atoms with Crippen molar-refractivity contribution in [2.45, 2.75) is 6.61 Å². The summed E-state index contributed by atoms with van der Waals surface area (Å²) in [6.45, 7) is 0.390. The Bertz CT molecular complexity index is 911. The zero-order valence-electron chi connectivity index (χ0n) is 13.9. The van der Waals surface area contributed by atoms with Crippen LogP contribution >= 0.6 is 11.6 Å². The molecule has 0 amide bonds. The third kappa shape index (κ3) is 3.76. The first-order valence-corrected chi connectivity index (χ1v) is 8.01. The Kier molecular flexibility index (Phi) is 4.92. The molecule has 0 saturated heterocycles. The lowest BCUT2D eigenvalue weighted by atomic mass is 10.2. The number of hydrogen-bond acceptors (Lipinski definition) is 5. The molecule has 2 aromatic carbocycles. The zero-order valence-corrected chi connectivity index (χ0v) is 14.6. The fourth-order valence-electron chi connectivity index (χ4n) is 2.28. The summed E-state index contributed by atoms with van der Waals surface area (Å²) in [5.74, 6) is 1.55. The van der Waals surface area contributed by atoms with Crippen LogP contribution in [-0.2, 0) is 6.61 Å². The summed E-state index contributed by atoms with van der Waals surface area (Å²) in [5, 5.41) is 9.82. The zero-order chi connectivity index (χ0) is 17.8. The van der Waals surface area contributed by atoms with Crippen LogP contribution in [0.3, 0.4) is 0 Å². The Hall–Kier alpha value is -2.97. The maximum atomic E-state index is 9.14. The maximum absolute atomic E-state index is 9.14. The van der Waals surface area contributed by atoms with Crippen molar-refractivity contribution in [3.8, 4) is 23.3 Å². The van der Waals surface area contributed by atoms with Gasteiger partial charge in [-0.3, -0.25) is 0 Å². The lowest BCUT2D eigenvalue weighted by Crippen LogP contribution is -2.08. The molecule has 1 heterocycles. The highest BCUT2D eigenvalue weighted by atomic mass is 35.5. The quantitative estimate of drug-likeness (QED) is 0.675. The number of aromatic nitrogens is 1. The van der Waals surface area contributed by atoms with Gasteiger partial charge in [-0.05, 0) is 30.3 Å². The molecular weight excluding hydrogens is 338 g/mol. The molecule has 0 atom stereocenters. The Morgan fingerprint density at radius 1 is 1.16 bits per heavy atom. The first-order chi connectivity index (χ1) is 12.1. The van der Waals surface area contributed by atoms with Crippen molar-refractivity contribution in [2.75, 3.05) is 19.0 Å². The fourth-order valence-corrected chi connectivity index (χ4v) is 2.47. The van der Waals surface area contributed by atoms with Crippen LogP contribution in [-0.4, -0.2) is 19.1 Å². The van der Waals surface area contributed by atoms with E-state index in [1.54, 1.807) is 19.0 Å². The third-order valence-corrected chi connectivity index (χ3v) is 3.94. The van der Waals surface area contributed by atoms with Crippen molar-refractivity contribution in [3.63, 3.8) is 0 Å². The van der Waals surface area contributed by atoms with Crippen LogP contribution in [0.1, 0.15) is 11.3 Å². The Morgan fingerprint density at radius 2 is 1.88 bits per heavy atom. The van der Waals surface area contributed by atoms with Crippen LogP contribution in [0.2, 0.25) is 5.02 Å². The van der Waals surface area contributed by atoms with Gasteiger partial charge >= 0.3 is 0 Å². The molecule has 0 spiro atoms. The largest absolute Gasteiger partial charge is 0.489 e. The van der Waals surface area contributed by atoms with E-state index in [0.717, 1.165) is 11.1 Å². The van der Waals surface area contributed by atoms with E-state index in [0.29, 0.717) is 29.2 Å². The number of nitrogens with zero attached hydrogens (tertiary/aromatic N) is 3. The highest BCUT2D eigenvalue weighted by Gasteiger charge is 2.16. The monoisotopic (exact) mass is 353 g/mol. The summed E-state index contributed by atoms with van der Waals surface area (Å²) in [7, 11) is 3.60. The highest BCUT2D eigenvalue weighted by molar-refractivity contribution is 6.31. The van der Waals surface area contributed by atoms with Gasteiger partial charge in [-0.1, -0.05) is 29.8 Å². The van der Waals surface area contributed by atoms with Crippen molar-refractivity contribution in [1.82, 2.24) is 4.98 Å². The molecule has 0 aliphatic heterocycles. The molecule has 0 N–H and O–H groups in total. The molecule has 3 rings (SSSR count). The second-order valence-corrected chi connectivity index (χ2v) is 5.99. The van der Waals surface area contributed by atoms with Crippen molar-refractivity contribution >= 4 is 17.5 Å². The number of nitriles is 1. The van der Waals surface area contributed by atoms with Crippen molar-refractivity contribution in [3.05, 3.63) is 64.8 Å². The summed E-state index contributed by atoms with van der Waals surface area (Å²) >= 11 is 6.12. The van der Waals surface area contributed by atoms with Crippen LogP contribution in [0.5, 0.6) is 5.75 Å². The number of anilines is 1. The van der Waals surface area contributed by atoms with Gasteiger partial charge in [0.1, 0.15) is 18.4 Å². The van der Waals surface area contributed by atoms with Gasteiger partial charge in [0.15, 0.2) is 0 Å². The molecule has 6 heteroatoms. The summed E-state index contributed by atoms with van der Waals surface area (Å²) in [6, 6.07) is 16.9. The molecule has 0 aliphatic carbocycles. The number of halogens is 1. The number of rotatable bonds is 5. The van der Waals surface area contributed by atoms with E-state index in [4.69, 9.17) is 26.0 Å². The molecule has 0 aliphatic rings. The first-order valence-electron chi connectivity index (χ1n) is 7.63. The van der Waals surface area contributed by atoms with Crippen LogP contribution in [0, 0.1) is 11.3 Å². The smallest absolute Gasteiger partial charge is 0.234 e. The Morgan fingerprint density at radius 3 is 2.48 bits per heavy atom. The van der Waals surface area contributed by atoms with Gasteiger partial charge in [0.2, 0.25) is 17.5 Å².